The second-order valence-corrected chi connectivity index (χ2v) is 7.01. The van der Waals surface area contributed by atoms with E-state index in [0.717, 1.165) is 19.3 Å². The molecule has 0 bridgehead atoms. The predicted molar refractivity (Wildman–Crippen MR) is 93.6 cm³/mol. The number of unbranched alkanes of at least 4 members (excludes halogenated alkanes) is 3. The number of carbonyl (C=O) groups excluding carboxylic acids is 3. The summed E-state index contributed by atoms with van der Waals surface area (Å²) in [6.45, 7) is 2.10. The smallest absolute Gasteiger partial charge is 0.139 e. The molecule has 1 N–H and O–H groups in total. The van der Waals surface area contributed by atoms with Gasteiger partial charge in [0.15, 0.2) is 0 Å². The highest BCUT2D eigenvalue weighted by molar-refractivity contribution is 5.84. The molecule has 0 aromatic rings. The van der Waals surface area contributed by atoms with E-state index in [0.29, 0.717) is 38.5 Å². The van der Waals surface area contributed by atoms with Crippen molar-refractivity contribution in [3.05, 3.63) is 12.2 Å². The van der Waals surface area contributed by atoms with Gasteiger partial charge in [0.2, 0.25) is 0 Å². The number of hydrogen-bond acceptors (Lipinski definition) is 5. The minimum Gasteiger partial charge on any atom is -0.550 e. The zero-order valence-electron chi connectivity index (χ0n) is 15.2. The number of ketones is 2. The van der Waals surface area contributed by atoms with Crippen LogP contribution in [0.5, 0.6) is 0 Å². The summed E-state index contributed by atoms with van der Waals surface area (Å²) in [5.41, 5.74) is 0. The highest BCUT2D eigenvalue weighted by atomic mass is 16.4. The Bertz CT molecular complexity index is 469. The summed E-state index contributed by atoms with van der Waals surface area (Å²) < 4.78 is 0. The molecule has 1 fully saturated rings. The lowest BCUT2D eigenvalue weighted by atomic mass is 9.86. The zero-order valence-corrected chi connectivity index (χ0v) is 15.2. The summed E-state index contributed by atoms with van der Waals surface area (Å²) >= 11 is 0. The molecule has 1 aliphatic rings. The van der Waals surface area contributed by atoms with Crippen LogP contribution in [0.3, 0.4) is 0 Å². The van der Waals surface area contributed by atoms with Crippen molar-refractivity contribution in [3.8, 4) is 0 Å². The van der Waals surface area contributed by atoms with Crippen LogP contribution in [0.2, 0.25) is 0 Å². The number of aliphatic hydroxyl groups is 1. The molecule has 1 saturated carbocycles. The lowest BCUT2D eigenvalue weighted by Gasteiger charge is -2.19. The van der Waals surface area contributed by atoms with E-state index >= 15 is 0 Å². The fourth-order valence-corrected chi connectivity index (χ4v) is 3.47. The Morgan fingerprint density at radius 1 is 1.16 bits per heavy atom. The van der Waals surface area contributed by atoms with Crippen LogP contribution in [0, 0.1) is 11.8 Å². The maximum atomic E-state index is 12.1. The van der Waals surface area contributed by atoms with Crippen LogP contribution in [0.4, 0.5) is 0 Å². The minimum absolute atomic E-state index is 0.0359. The SMILES string of the molecule is CCCCCC(=O)CC[C@H]1[C@H](O)CC(=O)[C@@H]1C/C=C\CCCC(=O)[O-]. The van der Waals surface area contributed by atoms with Crippen LogP contribution in [0.25, 0.3) is 0 Å². The number of aliphatic carboxylic acids is 1. The first-order chi connectivity index (χ1) is 12.0. The standard InChI is InChI=1S/C20H32O5/c1-2-3-6-9-15(21)12-13-17-16(18(22)14-19(17)23)10-7-4-5-8-11-20(24)25/h4,7,16-17,19,23H,2-3,5-6,8-14H2,1H3,(H,24,25)/p-1/b7-4-/t16-,17-,19-/m1/s1. The highest BCUT2D eigenvalue weighted by Crippen LogP contribution is 2.35. The molecule has 0 aliphatic heterocycles. The first kappa shape index (κ1) is 21.6. The van der Waals surface area contributed by atoms with Gasteiger partial charge in [0, 0.05) is 31.1 Å². The average Bonchev–Trinajstić information content (AvgIpc) is 2.82. The summed E-state index contributed by atoms with van der Waals surface area (Å²) in [5.74, 6) is -1.13. The van der Waals surface area contributed by atoms with Crippen molar-refractivity contribution < 1.29 is 24.6 Å². The van der Waals surface area contributed by atoms with Crippen LogP contribution in [-0.2, 0) is 14.4 Å². The quantitative estimate of drug-likeness (QED) is 0.406. The van der Waals surface area contributed by atoms with E-state index < -0.39 is 12.1 Å². The number of hydrogen-bond donors (Lipinski definition) is 1. The van der Waals surface area contributed by atoms with Crippen LogP contribution < -0.4 is 5.11 Å². The van der Waals surface area contributed by atoms with Crippen molar-refractivity contribution in [2.45, 2.75) is 83.7 Å². The number of Topliss-reactive ketones (excluding diaryl/α,β-unsaturated/α-hetero) is 2. The topological polar surface area (TPSA) is 94.5 Å². The number of aliphatic hydroxyl groups excluding tert-OH is 1. The van der Waals surface area contributed by atoms with Gasteiger partial charge in [-0.2, -0.15) is 0 Å². The molecule has 0 radical (unpaired) electrons. The Balaban J connectivity index is 2.39. The Kier molecular flexibility index (Phi) is 10.3. The molecule has 1 aliphatic carbocycles. The lowest BCUT2D eigenvalue weighted by molar-refractivity contribution is -0.305. The van der Waals surface area contributed by atoms with Crippen LogP contribution in [-0.4, -0.2) is 28.7 Å². The van der Waals surface area contributed by atoms with Gasteiger partial charge in [-0.1, -0.05) is 31.9 Å². The van der Waals surface area contributed by atoms with Gasteiger partial charge in [-0.3, -0.25) is 9.59 Å². The number of carboxylic acids is 1. The van der Waals surface area contributed by atoms with E-state index in [1.807, 2.05) is 12.2 Å². The molecular weight excluding hydrogens is 320 g/mol. The molecule has 5 heteroatoms. The number of allylic oxidation sites excluding steroid dienone is 2. The van der Waals surface area contributed by atoms with Gasteiger partial charge in [-0.25, -0.2) is 0 Å². The van der Waals surface area contributed by atoms with E-state index in [1.54, 1.807) is 0 Å². The summed E-state index contributed by atoms with van der Waals surface area (Å²) in [6, 6.07) is 0. The number of carboxylic acid groups (broad SMARTS) is 1. The Morgan fingerprint density at radius 2 is 1.92 bits per heavy atom. The maximum Gasteiger partial charge on any atom is 0.139 e. The zero-order chi connectivity index (χ0) is 18.7. The third-order valence-electron chi connectivity index (χ3n) is 4.96. The van der Waals surface area contributed by atoms with Crippen LogP contribution in [0.15, 0.2) is 12.2 Å². The van der Waals surface area contributed by atoms with E-state index in [-0.39, 0.29) is 36.2 Å². The normalized spacial score (nSPS) is 23.4. The van der Waals surface area contributed by atoms with E-state index in [4.69, 9.17) is 0 Å². The molecule has 0 heterocycles. The fraction of sp³-hybridized carbons (Fsp3) is 0.750. The van der Waals surface area contributed by atoms with Crippen LogP contribution in [0.1, 0.15) is 77.6 Å². The molecule has 0 amide bonds. The van der Waals surface area contributed by atoms with Crippen molar-refractivity contribution in [3.63, 3.8) is 0 Å². The van der Waals surface area contributed by atoms with Gasteiger partial charge in [-0.05, 0) is 44.4 Å². The van der Waals surface area contributed by atoms with Gasteiger partial charge in [0.25, 0.3) is 0 Å². The van der Waals surface area contributed by atoms with Gasteiger partial charge >= 0.3 is 0 Å². The summed E-state index contributed by atoms with van der Waals surface area (Å²) in [6.07, 6.45) is 9.71. The molecule has 0 unspecified atom stereocenters. The number of rotatable bonds is 13. The van der Waals surface area contributed by atoms with Gasteiger partial charge in [0.05, 0.1) is 6.10 Å². The molecule has 3 atom stereocenters. The van der Waals surface area contributed by atoms with Crippen molar-refractivity contribution in [2.24, 2.45) is 11.8 Å². The minimum atomic E-state index is -1.05. The molecule has 1 rings (SSSR count). The molecular formula is C20H31O5-. The summed E-state index contributed by atoms with van der Waals surface area (Å²) in [7, 11) is 0. The second-order valence-electron chi connectivity index (χ2n) is 7.01. The average molecular weight is 351 g/mol. The van der Waals surface area contributed by atoms with Gasteiger partial charge in [0.1, 0.15) is 11.6 Å². The van der Waals surface area contributed by atoms with E-state index in [9.17, 15) is 24.6 Å². The first-order valence-corrected chi connectivity index (χ1v) is 9.53. The lowest BCUT2D eigenvalue weighted by Crippen LogP contribution is -2.21. The van der Waals surface area contributed by atoms with Crippen molar-refractivity contribution >= 4 is 17.5 Å². The predicted octanol–water partition coefficient (Wildman–Crippen LogP) is 2.35. The van der Waals surface area contributed by atoms with Gasteiger partial charge < -0.3 is 15.0 Å². The largest absolute Gasteiger partial charge is 0.550 e. The van der Waals surface area contributed by atoms with Crippen molar-refractivity contribution in [1.29, 1.82) is 0 Å². The van der Waals surface area contributed by atoms with E-state index in [1.165, 1.54) is 0 Å². The maximum absolute atomic E-state index is 12.1. The molecule has 25 heavy (non-hydrogen) atoms. The fourth-order valence-electron chi connectivity index (χ4n) is 3.47. The molecule has 0 aromatic heterocycles. The second kappa shape index (κ2) is 12.0. The molecule has 0 spiro atoms. The Labute approximate surface area is 150 Å². The van der Waals surface area contributed by atoms with Crippen molar-refractivity contribution in [1.82, 2.24) is 0 Å². The van der Waals surface area contributed by atoms with Crippen molar-refractivity contribution in [2.75, 3.05) is 0 Å². The first-order valence-electron chi connectivity index (χ1n) is 9.53. The third-order valence-corrected chi connectivity index (χ3v) is 4.96. The monoisotopic (exact) mass is 351 g/mol. The van der Waals surface area contributed by atoms with E-state index in [2.05, 4.69) is 6.92 Å². The van der Waals surface area contributed by atoms with Crippen LogP contribution >= 0.6 is 0 Å². The number of carbonyl (C=O) groups is 3. The summed E-state index contributed by atoms with van der Waals surface area (Å²) in [4.78, 5) is 34.4. The Hall–Kier alpha value is -1.49. The van der Waals surface area contributed by atoms with Gasteiger partial charge in [-0.15, -0.1) is 0 Å². The highest BCUT2D eigenvalue weighted by Gasteiger charge is 2.40. The Morgan fingerprint density at radius 3 is 2.60 bits per heavy atom. The summed E-state index contributed by atoms with van der Waals surface area (Å²) in [5, 5.41) is 20.5. The molecule has 0 aromatic carbocycles. The molecule has 142 valence electrons. The molecule has 0 saturated heterocycles. The molecule has 5 nitrogen and oxygen atoms in total. The third kappa shape index (κ3) is 8.43.